The van der Waals surface area contributed by atoms with Crippen LogP contribution in [0.15, 0.2) is 60.0 Å². The summed E-state index contributed by atoms with van der Waals surface area (Å²) in [7, 11) is 1.70. The van der Waals surface area contributed by atoms with Gasteiger partial charge < -0.3 is 14.7 Å². The third-order valence-corrected chi connectivity index (χ3v) is 7.01. The van der Waals surface area contributed by atoms with Crippen molar-refractivity contribution in [1.82, 2.24) is 9.97 Å². The molecule has 2 aromatic carbocycles. The van der Waals surface area contributed by atoms with Crippen molar-refractivity contribution in [3.63, 3.8) is 0 Å². The molecule has 1 N–H and O–H groups in total. The molecular formula is C25H25N3O2S. The summed E-state index contributed by atoms with van der Waals surface area (Å²) < 4.78 is 5.50. The van der Waals surface area contributed by atoms with Crippen molar-refractivity contribution in [3.05, 3.63) is 70.5 Å². The highest BCUT2D eigenvalue weighted by molar-refractivity contribution is 7.10. The summed E-state index contributed by atoms with van der Waals surface area (Å²) >= 11 is 1.74. The molecule has 0 unspecified atom stereocenters. The molecule has 158 valence electrons. The van der Waals surface area contributed by atoms with Crippen molar-refractivity contribution in [1.29, 1.82) is 0 Å². The number of nitrogens with zero attached hydrogens (tertiary/aromatic N) is 3. The van der Waals surface area contributed by atoms with E-state index in [0.717, 1.165) is 65.2 Å². The van der Waals surface area contributed by atoms with Crippen molar-refractivity contribution >= 4 is 28.1 Å². The lowest BCUT2D eigenvalue weighted by Crippen LogP contribution is -2.34. The molecule has 0 saturated carbocycles. The molecule has 0 spiro atoms. The quantitative estimate of drug-likeness (QED) is 0.468. The molecule has 31 heavy (non-hydrogen) atoms. The second-order valence-corrected chi connectivity index (χ2v) is 8.74. The van der Waals surface area contributed by atoms with E-state index < -0.39 is 0 Å². The Morgan fingerprint density at radius 2 is 1.84 bits per heavy atom. The van der Waals surface area contributed by atoms with Crippen LogP contribution in [0.1, 0.15) is 29.3 Å². The maximum absolute atomic E-state index is 9.91. The Bertz CT molecular complexity index is 1200. The van der Waals surface area contributed by atoms with Crippen LogP contribution in [-0.2, 0) is 6.61 Å². The third-order valence-electron chi connectivity index (χ3n) is 6.00. The molecule has 5 nitrogen and oxygen atoms in total. The van der Waals surface area contributed by atoms with Crippen LogP contribution in [0.5, 0.6) is 5.75 Å². The molecule has 0 radical (unpaired) electrons. The second-order valence-electron chi connectivity index (χ2n) is 7.85. The summed E-state index contributed by atoms with van der Waals surface area (Å²) in [6, 6.07) is 18.2. The minimum Gasteiger partial charge on any atom is -0.496 e. The smallest absolute Gasteiger partial charge is 0.134 e. The maximum atomic E-state index is 9.91. The number of anilines is 1. The number of rotatable bonds is 5. The zero-order valence-electron chi connectivity index (χ0n) is 17.5. The number of methoxy groups -OCH3 is 1. The van der Waals surface area contributed by atoms with Crippen molar-refractivity contribution in [3.8, 4) is 17.0 Å². The summed E-state index contributed by atoms with van der Waals surface area (Å²) in [5, 5.41) is 14.3. The summed E-state index contributed by atoms with van der Waals surface area (Å²) in [6.45, 7) is 1.82. The molecular weight excluding hydrogens is 406 g/mol. The lowest BCUT2D eigenvalue weighted by molar-refractivity contribution is 0.281. The summed E-state index contributed by atoms with van der Waals surface area (Å²) in [5.74, 6) is 2.21. The molecule has 1 aliphatic heterocycles. The molecule has 5 rings (SSSR count). The highest BCUT2D eigenvalue weighted by atomic mass is 32.1. The van der Waals surface area contributed by atoms with Crippen LogP contribution in [0.4, 0.5) is 5.82 Å². The predicted octanol–water partition coefficient (Wildman–Crippen LogP) is 5.24. The zero-order chi connectivity index (χ0) is 21.2. The fraction of sp³-hybridized carbons (Fsp3) is 0.280. The SMILES string of the molecule is COc1ccccc1-c1csc(C2CCN(c3nc4ccccc4cc3CO)CC2)n1. The lowest BCUT2D eigenvalue weighted by Gasteiger charge is -2.33. The fourth-order valence-electron chi connectivity index (χ4n) is 4.33. The second kappa shape index (κ2) is 8.65. The topological polar surface area (TPSA) is 58.5 Å². The fourth-order valence-corrected chi connectivity index (χ4v) is 5.32. The first kappa shape index (κ1) is 20.0. The molecule has 1 fully saturated rings. The zero-order valence-corrected chi connectivity index (χ0v) is 18.3. The Labute approximate surface area is 186 Å². The van der Waals surface area contributed by atoms with Crippen LogP contribution in [0.3, 0.4) is 0 Å². The molecule has 6 heteroatoms. The van der Waals surface area contributed by atoms with Crippen LogP contribution >= 0.6 is 11.3 Å². The number of aliphatic hydroxyl groups excluding tert-OH is 1. The highest BCUT2D eigenvalue weighted by Crippen LogP contribution is 2.37. The Morgan fingerprint density at radius 1 is 1.06 bits per heavy atom. The molecule has 0 bridgehead atoms. The van der Waals surface area contributed by atoms with Gasteiger partial charge in [-0.2, -0.15) is 0 Å². The monoisotopic (exact) mass is 431 g/mol. The summed E-state index contributed by atoms with van der Waals surface area (Å²) in [6.07, 6.45) is 2.05. The number of hydrogen-bond donors (Lipinski definition) is 1. The Kier molecular flexibility index (Phi) is 5.57. The molecule has 0 amide bonds. The van der Waals surface area contributed by atoms with E-state index in [1.54, 1.807) is 18.4 Å². The normalized spacial score (nSPS) is 14.8. The van der Waals surface area contributed by atoms with E-state index in [4.69, 9.17) is 14.7 Å². The van der Waals surface area contributed by atoms with Crippen molar-refractivity contribution in [2.24, 2.45) is 0 Å². The minimum absolute atomic E-state index is 0.00183. The van der Waals surface area contributed by atoms with Gasteiger partial charge in [0.05, 0.1) is 29.9 Å². The molecule has 4 aromatic rings. The first-order chi connectivity index (χ1) is 15.3. The van der Waals surface area contributed by atoms with Gasteiger partial charge in [0, 0.05) is 40.9 Å². The number of piperidine rings is 1. The van der Waals surface area contributed by atoms with Gasteiger partial charge in [0.25, 0.3) is 0 Å². The maximum Gasteiger partial charge on any atom is 0.134 e. The van der Waals surface area contributed by atoms with Gasteiger partial charge in [-0.3, -0.25) is 0 Å². The van der Waals surface area contributed by atoms with E-state index in [-0.39, 0.29) is 6.61 Å². The van der Waals surface area contributed by atoms with Crippen LogP contribution in [0.2, 0.25) is 0 Å². The van der Waals surface area contributed by atoms with E-state index in [0.29, 0.717) is 5.92 Å². The number of ether oxygens (including phenoxy) is 1. The third kappa shape index (κ3) is 3.89. The molecule has 0 aliphatic carbocycles. The average molecular weight is 432 g/mol. The number of benzene rings is 2. The molecule has 1 saturated heterocycles. The van der Waals surface area contributed by atoms with Gasteiger partial charge in [-0.05, 0) is 37.1 Å². The van der Waals surface area contributed by atoms with Gasteiger partial charge in [-0.1, -0.05) is 30.3 Å². The Morgan fingerprint density at radius 3 is 2.65 bits per heavy atom. The van der Waals surface area contributed by atoms with E-state index in [9.17, 15) is 5.11 Å². The number of pyridine rings is 1. The number of thiazole rings is 1. The van der Waals surface area contributed by atoms with Crippen LogP contribution in [0, 0.1) is 0 Å². The molecule has 3 heterocycles. The average Bonchev–Trinajstić information content (AvgIpc) is 3.33. The number of aliphatic hydroxyl groups is 1. The van der Waals surface area contributed by atoms with E-state index in [1.807, 2.05) is 42.5 Å². The van der Waals surface area contributed by atoms with Crippen molar-refractivity contribution in [2.45, 2.75) is 25.4 Å². The van der Waals surface area contributed by atoms with Crippen molar-refractivity contribution < 1.29 is 9.84 Å². The van der Waals surface area contributed by atoms with Gasteiger partial charge in [0.1, 0.15) is 11.6 Å². The molecule has 1 aliphatic rings. The van der Waals surface area contributed by atoms with Gasteiger partial charge in [-0.25, -0.2) is 9.97 Å². The van der Waals surface area contributed by atoms with Gasteiger partial charge in [-0.15, -0.1) is 11.3 Å². The van der Waals surface area contributed by atoms with E-state index >= 15 is 0 Å². The summed E-state index contributed by atoms with van der Waals surface area (Å²) in [4.78, 5) is 12.1. The number of fused-ring (bicyclic) bond motifs is 1. The van der Waals surface area contributed by atoms with Gasteiger partial charge >= 0.3 is 0 Å². The predicted molar refractivity (Wildman–Crippen MR) is 126 cm³/mol. The lowest BCUT2D eigenvalue weighted by atomic mass is 9.97. The standard InChI is InChI=1S/C25H25N3O2S/c1-30-23-9-5-3-7-20(23)22-16-31-25(27-22)17-10-12-28(13-11-17)24-19(15-29)14-18-6-2-4-8-21(18)26-24/h2-9,14,16-17,29H,10-13,15H2,1H3. The van der Waals surface area contributed by atoms with Crippen LogP contribution in [0.25, 0.3) is 22.2 Å². The van der Waals surface area contributed by atoms with Crippen molar-refractivity contribution in [2.75, 3.05) is 25.1 Å². The summed E-state index contributed by atoms with van der Waals surface area (Å²) in [5.41, 5.74) is 3.89. The minimum atomic E-state index is 0.00183. The Hall–Kier alpha value is -2.96. The number of hydrogen-bond acceptors (Lipinski definition) is 6. The van der Waals surface area contributed by atoms with Gasteiger partial charge in [0.15, 0.2) is 0 Å². The molecule has 2 aromatic heterocycles. The number of aromatic nitrogens is 2. The highest BCUT2D eigenvalue weighted by Gasteiger charge is 2.25. The van der Waals surface area contributed by atoms with Gasteiger partial charge in [0.2, 0.25) is 0 Å². The first-order valence-corrected chi connectivity index (χ1v) is 11.5. The van der Waals surface area contributed by atoms with Crippen LogP contribution < -0.4 is 9.64 Å². The largest absolute Gasteiger partial charge is 0.496 e. The first-order valence-electron chi connectivity index (χ1n) is 10.6. The van der Waals surface area contributed by atoms with E-state index in [2.05, 4.69) is 22.4 Å². The van der Waals surface area contributed by atoms with E-state index in [1.165, 1.54) is 5.01 Å². The molecule has 0 atom stereocenters. The Balaban J connectivity index is 1.33. The van der Waals surface area contributed by atoms with Crippen LogP contribution in [-0.4, -0.2) is 35.3 Å². The number of para-hydroxylation sites is 2.